The Bertz CT molecular complexity index is 317. The molecule has 0 bridgehead atoms. The van der Waals surface area contributed by atoms with Gasteiger partial charge in [-0.2, -0.15) is 0 Å². The van der Waals surface area contributed by atoms with E-state index in [2.05, 4.69) is 6.92 Å². The second-order valence-corrected chi connectivity index (χ2v) is 4.16. The SMILES string of the molecule is [CH2]C(=O)c1ccc(OC(C)(C)C)cc1. The van der Waals surface area contributed by atoms with Crippen molar-refractivity contribution in [3.63, 3.8) is 0 Å². The molecule has 0 atom stereocenters. The van der Waals surface area contributed by atoms with E-state index >= 15 is 0 Å². The van der Waals surface area contributed by atoms with Gasteiger partial charge in [0.05, 0.1) is 0 Å². The van der Waals surface area contributed by atoms with Gasteiger partial charge in [0.2, 0.25) is 0 Å². The van der Waals surface area contributed by atoms with Gasteiger partial charge in [-0.3, -0.25) is 4.79 Å². The number of ether oxygens (including phenoxy) is 1. The van der Waals surface area contributed by atoms with Crippen LogP contribution in [0.15, 0.2) is 24.3 Å². The van der Waals surface area contributed by atoms with Gasteiger partial charge in [0.25, 0.3) is 0 Å². The molecule has 0 fully saturated rings. The summed E-state index contributed by atoms with van der Waals surface area (Å²) in [6.45, 7) is 9.27. The Kier molecular flexibility index (Phi) is 2.94. The van der Waals surface area contributed by atoms with Crippen molar-refractivity contribution in [2.24, 2.45) is 0 Å². The summed E-state index contributed by atoms with van der Waals surface area (Å²) < 4.78 is 5.60. The minimum atomic E-state index is -0.212. The highest BCUT2D eigenvalue weighted by molar-refractivity contribution is 5.99. The van der Waals surface area contributed by atoms with Crippen LogP contribution in [0.2, 0.25) is 0 Å². The van der Waals surface area contributed by atoms with Gasteiger partial charge in [-0.15, -0.1) is 0 Å². The zero-order chi connectivity index (χ0) is 10.8. The highest BCUT2D eigenvalue weighted by Crippen LogP contribution is 2.18. The second kappa shape index (κ2) is 3.82. The van der Waals surface area contributed by atoms with E-state index in [-0.39, 0.29) is 11.4 Å². The predicted octanol–water partition coefficient (Wildman–Crippen LogP) is 2.88. The standard InChI is InChI=1S/C12H15O2/c1-9(13)10-5-7-11(8-6-10)14-12(2,3)4/h5-8H,1H2,2-4H3. The van der Waals surface area contributed by atoms with Crippen LogP contribution in [-0.2, 0) is 0 Å². The number of carbonyl (C=O) groups excluding carboxylic acids is 1. The van der Waals surface area contributed by atoms with Gasteiger partial charge in [-0.05, 0) is 45.0 Å². The summed E-state index contributed by atoms with van der Waals surface area (Å²) in [7, 11) is 0. The summed E-state index contributed by atoms with van der Waals surface area (Å²) in [5, 5.41) is 0. The molecule has 0 unspecified atom stereocenters. The van der Waals surface area contributed by atoms with Crippen molar-refractivity contribution in [1.29, 1.82) is 0 Å². The Balaban J connectivity index is 2.79. The zero-order valence-corrected chi connectivity index (χ0v) is 8.83. The molecule has 1 radical (unpaired) electrons. The van der Waals surface area contributed by atoms with Gasteiger partial charge in [-0.1, -0.05) is 0 Å². The molecule has 0 amide bonds. The number of benzene rings is 1. The lowest BCUT2D eigenvalue weighted by Crippen LogP contribution is -2.22. The number of hydrogen-bond acceptors (Lipinski definition) is 2. The van der Waals surface area contributed by atoms with E-state index in [0.29, 0.717) is 5.56 Å². The summed E-state index contributed by atoms with van der Waals surface area (Å²) >= 11 is 0. The van der Waals surface area contributed by atoms with Crippen molar-refractivity contribution >= 4 is 5.78 Å². The Morgan fingerprint density at radius 1 is 1.21 bits per heavy atom. The highest BCUT2D eigenvalue weighted by Gasteiger charge is 2.11. The van der Waals surface area contributed by atoms with E-state index in [1.807, 2.05) is 20.8 Å². The van der Waals surface area contributed by atoms with Crippen molar-refractivity contribution in [2.45, 2.75) is 26.4 Å². The molecule has 1 aromatic carbocycles. The zero-order valence-electron chi connectivity index (χ0n) is 8.83. The number of ketones is 1. The Labute approximate surface area is 84.9 Å². The first-order valence-corrected chi connectivity index (χ1v) is 4.54. The summed E-state index contributed by atoms with van der Waals surface area (Å²) in [4.78, 5) is 10.9. The molecular formula is C12H15O2. The fourth-order valence-electron chi connectivity index (χ4n) is 1.06. The third kappa shape index (κ3) is 3.21. The summed E-state index contributed by atoms with van der Waals surface area (Å²) in [5.41, 5.74) is 0.391. The van der Waals surface area contributed by atoms with Crippen LogP contribution in [0.5, 0.6) is 5.75 Å². The Morgan fingerprint density at radius 2 is 1.71 bits per heavy atom. The van der Waals surface area contributed by atoms with Crippen LogP contribution >= 0.6 is 0 Å². The topological polar surface area (TPSA) is 26.3 Å². The third-order valence-corrected chi connectivity index (χ3v) is 1.60. The van der Waals surface area contributed by atoms with Gasteiger partial charge in [0, 0.05) is 12.5 Å². The lowest BCUT2D eigenvalue weighted by molar-refractivity contribution is 0.104. The van der Waals surface area contributed by atoms with Gasteiger partial charge in [-0.25, -0.2) is 0 Å². The van der Waals surface area contributed by atoms with Crippen molar-refractivity contribution in [2.75, 3.05) is 0 Å². The maximum atomic E-state index is 10.9. The quantitative estimate of drug-likeness (QED) is 0.672. The molecule has 0 spiro atoms. The lowest BCUT2D eigenvalue weighted by Gasteiger charge is -2.21. The van der Waals surface area contributed by atoms with E-state index in [1.165, 1.54) is 0 Å². The minimum absolute atomic E-state index is 0.174. The van der Waals surface area contributed by atoms with Gasteiger partial charge >= 0.3 is 0 Å². The molecule has 0 aliphatic rings. The maximum Gasteiger partial charge on any atom is 0.163 e. The van der Waals surface area contributed by atoms with Gasteiger partial charge in [0.1, 0.15) is 11.4 Å². The van der Waals surface area contributed by atoms with Crippen LogP contribution in [0, 0.1) is 6.92 Å². The first-order chi connectivity index (χ1) is 6.38. The molecule has 0 saturated carbocycles. The first-order valence-electron chi connectivity index (χ1n) is 4.54. The molecule has 0 heterocycles. The average molecular weight is 191 g/mol. The number of rotatable bonds is 2. The molecule has 0 aromatic heterocycles. The number of carbonyl (C=O) groups is 1. The second-order valence-electron chi connectivity index (χ2n) is 4.16. The minimum Gasteiger partial charge on any atom is -0.488 e. The van der Waals surface area contributed by atoms with Crippen molar-refractivity contribution < 1.29 is 9.53 Å². The highest BCUT2D eigenvalue weighted by atomic mass is 16.5. The van der Waals surface area contributed by atoms with Crippen LogP contribution in [-0.4, -0.2) is 11.4 Å². The van der Waals surface area contributed by atoms with E-state index in [9.17, 15) is 4.79 Å². The summed E-state index contributed by atoms with van der Waals surface area (Å²) in [6, 6.07) is 7.00. The Morgan fingerprint density at radius 3 is 2.07 bits per heavy atom. The van der Waals surface area contributed by atoms with Crippen LogP contribution in [0.1, 0.15) is 31.1 Å². The summed E-state index contributed by atoms with van der Waals surface area (Å²) in [6.07, 6.45) is 0. The molecule has 1 rings (SSSR count). The van der Waals surface area contributed by atoms with E-state index < -0.39 is 0 Å². The smallest absolute Gasteiger partial charge is 0.163 e. The normalized spacial score (nSPS) is 11.1. The first kappa shape index (κ1) is 10.8. The molecule has 0 saturated heterocycles. The lowest BCUT2D eigenvalue weighted by atomic mass is 10.1. The molecule has 2 nitrogen and oxygen atoms in total. The molecule has 0 N–H and O–H groups in total. The number of hydrogen-bond donors (Lipinski definition) is 0. The third-order valence-electron chi connectivity index (χ3n) is 1.60. The predicted molar refractivity (Wildman–Crippen MR) is 56.5 cm³/mol. The molecule has 1 aromatic rings. The molecule has 0 aliphatic carbocycles. The van der Waals surface area contributed by atoms with Crippen LogP contribution in [0.3, 0.4) is 0 Å². The molecule has 0 aliphatic heterocycles. The van der Waals surface area contributed by atoms with Crippen molar-refractivity contribution in [3.05, 3.63) is 36.8 Å². The average Bonchev–Trinajstić information content (AvgIpc) is 2.02. The van der Waals surface area contributed by atoms with Crippen LogP contribution < -0.4 is 4.74 Å². The largest absolute Gasteiger partial charge is 0.488 e. The fraction of sp³-hybridized carbons (Fsp3) is 0.333. The van der Waals surface area contributed by atoms with E-state index in [0.717, 1.165) is 5.75 Å². The van der Waals surface area contributed by atoms with Crippen molar-refractivity contribution in [1.82, 2.24) is 0 Å². The van der Waals surface area contributed by atoms with E-state index in [1.54, 1.807) is 24.3 Å². The molecule has 75 valence electrons. The van der Waals surface area contributed by atoms with Gasteiger partial charge < -0.3 is 4.74 Å². The van der Waals surface area contributed by atoms with Crippen molar-refractivity contribution in [3.8, 4) is 5.75 Å². The summed E-state index contributed by atoms with van der Waals surface area (Å²) in [5.74, 6) is 0.592. The van der Waals surface area contributed by atoms with Crippen LogP contribution in [0.25, 0.3) is 0 Å². The maximum absolute atomic E-state index is 10.9. The molecule has 14 heavy (non-hydrogen) atoms. The Hall–Kier alpha value is -1.31. The monoisotopic (exact) mass is 191 g/mol. The van der Waals surface area contributed by atoms with Crippen LogP contribution in [0.4, 0.5) is 0 Å². The van der Waals surface area contributed by atoms with E-state index in [4.69, 9.17) is 4.74 Å². The fourth-order valence-corrected chi connectivity index (χ4v) is 1.06. The molecule has 2 heteroatoms. The molecular weight excluding hydrogens is 176 g/mol. The number of Topliss-reactive ketones (excluding diaryl/α,β-unsaturated/α-hetero) is 1. The van der Waals surface area contributed by atoms with Gasteiger partial charge in [0.15, 0.2) is 5.78 Å².